The van der Waals surface area contributed by atoms with Crippen molar-refractivity contribution in [1.82, 2.24) is 10.2 Å². The fraction of sp³-hybridized carbons (Fsp3) is 1.00. The van der Waals surface area contributed by atoms with Crippen molar-refractivity contribution < 1.29 is 13.9 Å². The number of hydrogen-bond donors (Lipinski definition) is 5. The Bertz CT molecular complexity index is 883. The predicted molar refractivity (Wildman–Crippen MR) is 171 cm³/mol. The van der Waals surface area contributed by atoms with Gasteiger partial charge >= 0.3 is 0 Å². The van der Waals surface area contributed by atoms with E-state index in [0.717, 1.165) is 12.8 Å². The van der Waals surface area contributed by atoms with Gasteiger partial charge in [-0.15, -0.1) is 0 Å². The zero-order chi connectivity index (χ0) is 29.8. The minimum atomic E-state index is -2.16. The lowest BCUT2D eigenvalue weighted by molar-refractivity contribution is 0.00163. The van der Waals surface area contributed by atoms with E-state index in [4.69, 9.17) is 11.5 Å². The molecule has 8 fully saturated rings. The molecule has 41 heavy (non-hydrogen) atoms. The van der Waals surface area contributed by atoms with Gasteiger partial charge in [0.05, 0.1) is 0 Å². The maximum Gasteiger partial charge on any atom is 0.244 e. The van der Waals surface area contributed by atoms with Gasteiger partial charge in [-0.3, -0.25) is 10.2 Å². The number of rotatable bonds is 4. The molecule has 0 aromatic carbocycles. The summed E-state index contributed by atoms with van der Waals surface area (Å²) < 4.78 is 25.1. The van der Waals surface area contributed by atoms with Gasteiger partial charge in [-0.05, 0) is 145 Å². The second-order valence-corrected chi connectivity index (χ2v) is 17.8. The molecule has 0 heterocycles. The molecule has 8 saturated carbocycles. The first-order valence-corrected chi connectivity index (χ1v) is 17.7. The highest BCUT2D eigenvalue weighted by Gasteiger charge is 2.57. The second kappa shape index (κ2) is 11.4. The summed E-state index contributed by atoms with van der Waals surface area (Å²) in [6.45, 7) is 5.21. The van der Waals surface area contributed by atoms with Gasteiger partial charge in [-0.1, -0.05) is 32.6 Å². The number of fused-ring (bicyclic) bond motifs is 8. The quantitative estimate of drug-likeness (QED) is 0.226. The number of halogens is 2. The molecule has 8 bridgehead atoms. The van der Waals surface area contributed by atoms with Crippen LogP contribution in [0.25, 0.3) is 0 Å². The van der Waals surface area contributed by atoms with Gasteiger partial charge in [0, 0.05) is 34.2 Å². The summed E-state index contributed by atoms with van der Waals surface area (Å²) >= 11 is 0. The number of aliphatic hydroxyl groups is 1. The van der Waals surface area contributed by atoms with Crippen LogP contribution in [-0.4, -0.2) is 40.3 Å². The van der Waals surface area contributed by atoms with E-state index in [1.54, 1.807) is 0 Å². The average Bonchev–Trinajstić information content (AvgIpc) is 3.82. The maximum atomic E-state index is 12.5. The van der Waals surface area contributed by atoms with Crippen molar-refractivity contribution >= 4 is 18.8 Å². The Balaban J connectivity index is 0.000000110. The third-order valence-electron chi connectivity index (χ3n) is 13.7. The van der Waals surface area contributed by atoms with E-state index in [1.165, 1.54) is 96.3 Å². The minimum Gasteiger partial charge on any atom is -0.396 e. The molecule has 0 radical (unpaired) electrons. The van der Waals surface area contributed by atoms with Crippen LogP contribution in [0, 0.1) is 21.7 Å². The average molecular weight is 617 g/mol. The highest BCUT2D eigenvalue weighted by atomic mass is 31.0. The van der Waals surface area contributed by atoms with Crippen LogP contribution >= 0.6 is 18.8 Å². The first kappa shape index (κ1) is 32.9. The number of hydrogen-bond acceptors (Lipinski definition) is 5. The van der Waals surface area contributed by atoms with Crippen molar-refractivity contribution in [3.05, 3.63) is 0 Å². The Morgan fingerprint density at radius 3 is 1.22 bits per heavy atom. The zero-order valence-electron chi connectivity index (χ0n) is 25.9. The first-order valence-electron chi connectivity index (χ1n) is 16.5. The molecule has 0 spiro atoms. The molecule has 2 unspecified atom stereocenters. The lowest BCUT2D eigenvalue weighted by Crippen LogP contribution is -2.33. The molecule has 7 N–H and O–H groups in total. The van der Waals surface area contributed by atoms with Crippen molar-refractivity contribution in [3.8, 4) is 0 Å². The normalized spacial score (nSPS) is 51.4. The Labute approximate surface area is 253 Å². The van der Waals surface area contributed by atoms with Crippen molar-refractivity contribution in [2.75, 3.05) is 6.61 Å². The standard InChI is InChI=1S/C8H13F2N.C8H16NOP.C8H16NP.C8H15N/c9-6(10)7-1-3-8(11,5-7)4-2-7;10-6-7-1-3-8(5-7,9-11)4-2-7;1-7-2-4-8(6-7,9-10)5-3-7;1-7-2-4-8(9,6-7)5-3-7/h6H,1-5,11H2;9-10H,1-6,11H2;9H,2-6,10H2,1H3;2-6,9H2,1H3. The van der Waals surface area contributed by atoms with Gasteiger partial charge in [-0.2, -0.15) is 0 Å². The number of nitrogens with one attached hydrogen (secondary N) is 2. The summed E-state index contributed by atoms with van der Waals surface area (Å²) in [7, 11) is 5.31. The summed E-state index contributed by atoms with van der Waals surface area (Å²) in [6, 6.07) is 0. The molecule has 8 rings (SSSR count). The fourth-order valence-corrected chi connectivity index (χ4v) is 11.4. The van der Waals surface area contributed by atoms with E-state index < -0.39 is 11.8 Å². The van der Waals surface area contributed by atoms with E-state index in [2.05, 4.69) is 42.8 Å². The van der Waals surface area contributed by atoms with Crippen LogP contribution in [0.4, 0.5) is 8.78 Å². The molecular formula is C32H60F2N4OP2. The molecule has 0 saturated heterocycles. The number of aliphatic hydroxyl groups excluding tert-OH is 1. The van der Waals surface area contributed by atoms with Crippen LogP contribution < -0.4 is 21.6 Å². The van der Waals surface area contributed by atoms with Crippen molar-refractivity contribution in [2.24, 2.45) is 33.1 Å². The van der Waals surface area contributed by atoms with Crippen LogP contribution in [0.1, 0.15) is 142 Å². The minimum absolute atomic E-state index is 0.226. The Morgan fingerprint density at radius 1 is 0.610 bits per heavy atom. The van der Waals surface area contributed by atoms with Gasteiger partial charge in [0.1, 0.15) is 0 Å². The summed E-state index contributed by atoms with van der Waals surface area (Å²) in [5.74, 6) is 0. The van der Waals surface area contributed by atoms with Gasteiger partial charge in [0.2, 0.25) is 6.43 Å². The molecule has 0 aromatic heterocycles. The Kier molecular flexibility index (Phi) is 9.14. The van der Waals surface area contributed by atoms with E-state index in [-0.39, 0.29) is 11.1 Å². The van der Waals surface area contributed by atoms with Crippen LogP contribution in [-0.2, 0) is 0 Å². The third-order valence-corrected chi connectivity index (χ3v) is 15.0. The summed E-state index contributed by atoms with van der Waals surface area (Å²) in [5.41, 5.74) is 13.9. The van der Waals surface area contributed by atoms with Crippen molar-refractivity contribution in [2.45, 2.75) is 171 Å². The predicted octanol–water partition coefficient (Wildman–Crippen LogP) is 6.73. The SMILES string of the molecule is CC12CCC(N)(CC1)C2.CC12CCC(NP)(CC1)C2.NC12CCC(C(F)F)(CC1)C2.OCC12CCC(NP)(CC1)C2. The lowest BCUT2D eigenvalue weighted by Gasteiger charge is -2.26. The highest BCUT2D eigenvalue weighted by Crippen LogP contribution is 2.59. The topological polar surface area (TPSA) is 96.3 Å². The van der Waals surface area contributed by atoms with Gasteiger partial charge < -0.3 is 16.6 Å². The number of nitrogens with two attached hydrogens (primary N) is 2. The summed E-state index contributed by atoms with van der Waals surface area (Å²) in [6.07, 6.45) is 21.1. The monoisotopic (exact) mass is 616 g/mol. The molecule has 2 atom stereocenters. The molecule has 0 aromatic rings. The molecule has 5 nitrogen and oxygen atoms in total. The molecule has 0 aliphatic heterocycles. The summed E-state index contributed by atoms with van der Waals surface area (Å²) in [5, 5.41) is 16.0. The van der Waals surface area contributed by atoms with Crippen LogP contribution in [0.2, 0.25) is 0 Å². The van der Waals surface area contributed by atoms with E-state index >= 15 is 0 Å². The first-order chi connectivity index (χ1) is 19.1. The van der Waals surface area contributed by atoms with Crippen LogP contribution in [0.5, 0.6) is 0 Å². The third kappa shape index (κ3) is 6.59. The molecule has 9 heteroatoms. The van der Waals surface area contributed by atoms with E-state index in [9.17, 15) is 13.9 Å². The lowest BCUT2D eigenvalue weighted by atomic mass is 9.84. The Hall–Kier alpha value is 0.520. The van der Waals surface area contributed by atoms with Crippen molar-refractivity contribution in [1.29, 1.82) is 0 Å². The van der Waals surface area contributed by atoms with E-state index in [0.29, 0.717) is 53.2 Å². The molecule has 238 valence electrons. The maximum absolute atomic E-state index is 12.5. The van der Waals surface area contributed by atoms with Crippen molar-refractivity contribution in [3.63, 3.8) is 0 Å². The summed E-state index contributed by atoms with van der Waals surface area (Å²) in [4.78, 5) is 0. The highest BCUT2D eigenvalue weighted by molar-refractivity contribution is 7.14. The smallest absolute Gasteiger partial charge is 0.244 e. The van der Waals surface area contributed by atoms with Gasteiger partial charge in [0.25, 0.3) is 0 Å². The molecule has 8 aliphatic rings. The second-order valence-electron chi connectivity index (χ2n) is 17.2. The number of alkyl halides is 2. The van der Waals surface area contributed by atoms with Crippen LogP contribution in [0.15, 0.2) is 0 Å². The van der Waals surface area contributed by atoms with Crippen LogP contribution in [0.3, 0.4) is 0 Å². The molecule has 0 amide bonds. The zero-order valence-corrected chi connectivity index (χ0v) is 28.2. The Morgan fingerprint density at radius 2 is 1.02 bits per heavy atom. The fourth-order valence-electron chi connectivity index (χ4n) is 10.6. The van der Waals surface area contributed by atoms with Gasteiger partial charge in [0.15, 0.2) is 0 Å². The molecular weight excluding hydrogens is 556 g/mol. The molecule has 8 aliphatic carbocycles. The van der Waals surface area contributed by atoms with Gasteiger partial charge in [-0.25, -0.2) is 8.78 Å². The van der Waals surface area contributed by atoms with E-state index in [1.807, 2.05) is 0 Å². The largest absolute Gasteiger partial charge is 0.396 e.